The van der Waals surface area contributed by atoms with Gasteiger partial charge in [0.25, 0.3) is 0 Å². The van der Waals surface area contributed by atoms with Gasteiger partial charge in [0.15, 0.2) is 5.82 Å². The number of nitrogens with one attached hydrogen (secondary N) is 2. The number of anilines is 2. The van der Waals surface area contributed by atoms with Crippen molar-refractivity contribution in [1.29, 1.82) is 0 Å². The number of aromatic amines is 1. The fourth-order valence-electron chi connectivity index (χ4n) is 2.07. The number of aromatic nitrogens is 2. The maximum absolute atomic E-state index is 4.28. The summed E-state index contributed by atoms with van der Waals surface area (Å²) in [5.74, 6) is 0.814. The Morgan fingerprint density at radius 3 is 3.11 bits per heavy atom. The molecule has 1 aromatic carbocycles. The van der Waals surface area contributed by atoms with Crippen LogP contribution in [0.3, 0.4) is 0 Å². The van der Waals surface area contributed by atoms with Gasteiger partial charge in [-0.05, 0) is 23.6 Å². The number of H-pyrrole nitrogens is 1. The molecule has 0 radical (unpaired) electrons. The lowest BCUT2D eigenvalue weighted by Gasteiger charge is -2.25. The van der Waals surface area contributed by atoms with Crippen molar-refractivity contribution in [3.05, 3.63) is 41.4 Å². The Morgan fingerprint density at radius 1 is 1.21 bits per heavy atom. The summed E-state index contributed by atoms with van der Waals surface area (Å²) in [5.41, 5.74) is 6.81. The Balaban J connectivity index is 1.75. The summed E-state index contributed by atoms with van der Waals surface area (Å²) in [6.45, 7) is 0. The highest BCUT2D eigenvalue weighted by Gasteiger charge is 2.21. The average Bonchev–Trinajstić information content (AvgIpc) is 3.18. The van der Waals surface area contributed by atoms with E-state index in [-0.39, 0.29) is 0 Å². The maximum Gasteiger partial charge on any atom is 0.182 e. The molecule has 0 saturated heterocycles. The van der Waals surface area contributed by atoms with Gasteiger partial charge in [-0.1, -0.05) is 6.07 Å². The molecule has 3 heterocycles. The molecule has 7 heteroatoms. The molecule has 19 heavy (non-hydrogen) atoms. The number of hydrogen-bond donors (Lipinski definition) is 2. The van der Waals surface area contributed by atoms with Crippen LogP contribution < -0.4 is 15.7 Å². The van der Waals surface area contributed by atoms with Crippen molar-refractivity contribution < 1.29 is 0 Å². The molecule has 4 rings (SSSR count). The summed E-state index contributed by atoms with van der Waals surface area (Å²) in [5, 5.41) is 10.9. The molecule has 0 amide bonds. The van der Waals surface area contributed by atoms with Crippen LogP contribution in [0.5, 0.6) is 0 Å². The molecule has 0 aliphatic carbocycles. The standard InChI is InChI=1S/C12H10N6S/c1-2-10(5-11-9(1)3-4-13-11)17-7-15-16-18(17)12-6-19-8-14-12/h1-8,13,16H. The van der Waals surface area contributed by atoms with Gasteiger partial charge >= 0.3 is 0 Å². The Morgan fingerprint density at radius 2 is 2.21 bits per heavy atom. The molecular formula is C12H10N6S. The van der Waals surface area contributed by atoms with E-state index in [9.17, 15) is 0 Å². The quantitative estimate of drug-likeness (QED) is 0.750. The average molecular weight is 270 g/mol. The summed E-state index contributed by atoms with van der Waals surface area (Å²) in [4.78, 5) is 7.49. The lowest BCUT2D eigenvalue weighted by Crippen LogP contribution is -2.43. The molecule has 0 atom stereocenters. The lowest BCUT2D eigenvalue weighted by atomic mass is 10.2. The van der Waals surface area contributed by atoms with E-state index in [1.807, 2.05) is 22.7 Å². The fourth-order valence-corrected chi connectivity index (χ4v) is 2.58. The third-order valence-electron chi connectivity index (χ3n) is 2.97. The molecule has 3 aromatic rings. The first-order valence-electron chi connectivity index (χ1n) is 5.75. The van der Waals surface area contributed by atoms with Gasteiger partial charge in [-0.25, -0.2) is 9.99 Å². The summed E-state index contributed by atoms with van der Waals surface area (Å²) in [6, 6.07) is 8.25. The number of thiazole rings is 1. The first-order valence-corrected chi connectivity index (χ1v) is 6.69. The van der Waals surface area contributed by atoms with E-state index in [1.165, 1.54) is 5.39 Å². The molecule has 1 aliphatic heterocycles. The normalized spacial score (nSPS) is 14.3. The SMILES string of the molecule is C1=NNN(c2cscn2)N1c1ccc2cc[nH]c2c1. The summed E-state index contributed by atoms with van der Waals surface area (Å²) >= 11 is 1.55. The van der Waals surface area contributed by atoms with Gasteiger partial charge in [0.2, 0.25) is 0 Å². The van der Waals surface area contributed by atoms with Crippen LogP contribution in [0.25, 0.3) is 10.9 Å². The van der Waals surface area contributed by atoms with Crippen LogP contribution in [0, 0.1) is 0 Å². The lowest BCUT2D eigenvalue weighted by molar-refractivity contribution is 0.714. The van der Waals surface area contributed by atoms with Crippen molar-refractivity contribution >= 4 is 40.1 Å². The van der Waals surface area contributed by atoms with E-state index >= 15 is 0 Å². The van der Waals surface area contributed by atoms with Crippen molar-refractivity contribution in [2.24, 2.45) is 5.10 Å². The first kappa shape index (κ1) is 10.4. The Bertz CT molecular complexity index is 732. The van der Waals surface area contributed by atoms with Gasteiger partial charge < -0.3 is 4.98 Å². The van der Waals surface area contributed by atoms with Crippen molar-refractivity contribution in [3.63, 3.8) is 0 Å². The minimum absolute atomic E-state index is 0.814. The maximum atomic E-state index is 4.28. The third kappa shape index (κ3) is 1.63. The van der Waals surface area contributed by atoms with Crippen LogP contribution in [0.15, 0.2) is 46.5 Å². The van der Waals surface area contributed by atoms with Gasteiger partial charge in [-0.2, -0.15) is 10.7 Å². The smallest absolute Gasteiger partial charge is 0.182 e. The Kier molecular flexibility index (Phi) is 2.18. The minimum atomic E-state index is 0.814. The molecular weight excluding hydrogens is 260 g/mol. The second-order valence-electron chi connectivity index (χ2n) is 4.10. The minimum Gasteiger partial charge on any atom is -0.361 e. The number of fused-ring (bicyclic) bond motifs is 1. The molecule has 0 saturated carbocycles. The molecule has 6 nitrogen and oxygen atoms in total. The molecule has 2 aromatic heterocycles. The monoisotopic (exact) mass is 270 g/mol. The van der Waals surface area contributed by atoms with Crippen LogP contribution in [-0.4, -0.2) is 16.3 Å². The van der Waals surface area contributed by atoms with E-state index in [0.29, 0.717) is 0 Å². The summed E-state index contributed by atoms with van der Waals surface area (Å²) in [6.07, 6.45) is 3.66. The third-order valence-corrected chi connectivity index (χ3v) is 3.55. The zero-order chi connectivity index (χ0) is 12.7. The number of hydrazone groups is 1. The van der Waals surface area contributed by atoms with Crippen LogP contribution in [0.2, 0.25) is 0 Å². The van der Waals surface area contributed by atoms with E-state index in [2.05, 4.69) is 38.8 Å². The second kappa shape index (κ2) is 3.99. The van der Waals surface area contributed by atoms with Crippen molar-refractivity contribution in [2.45, 2.75) is 0 Å². The number of rotatable bonds is 2. The van der Waals surface area contributed by atoms with Gasteiger partial charge in [-0.15, -0.1) is 16.4 Å². The predicted molar refractivity (Wildman–Crippen MR) is 77.0 cm³/mol. The predicted octanol–water partition coefficient (Wildman–Crippen LogP) is 2.31. The highest BCUT2D eigenvalue weighted by molar-refractivity contribution is 7.07. The molecule has 0 bridgehead atoms. The van der Waals surface area contributed by atoms with Gasteiger partial charge in [0, 0.05) is 17.1 Å². The largest absolute Gasteiger partial charge is 0.361 e. The van der Waals surface area contributed by atoms with Crippen LogP contribution >= 0.6 is 11.3 Å². The number of benzene rings is 1. The number of hydrazine groups is 2. The van der Waals surface area contributed by atoms with E-state index in [4.69, 9.17) is 0 Å². The van der Waals surface area contributed by atoms with E-state index in [0.717, 1.165) is 17.0 Å². The molecule has 0 fully saturated rings. The van der Waals surface area contributed by atoms with E-state index in [1.54, 1.807) is 28.3 Å². The van der Waals surface area contributed by atoms with Crippen LogP contribution in [-0.2, 0) is 0 Å². The zero-order valence-electron chi connectivity index (χ0n) is 9.82. The zero-order valence-corrected chi connectivity index (χ0v) is 10.6. The molecule has 0 unspecified atom stereocenters. The summed E-state index contributed by atoms with van der Waals surface area (Å²) < 4.78 is 0. The van der Waals surface area contributed by atoms with Crippen LogP contribution in [0.1, 0.15) is 0 Å². The Labute approximate surface area is 112 Å². The van der Waals surface area contributed by atoms with Crippen molar-refractivity contribution in [1.82, 2.24) is 15.5 Å². The fraction of sp³-hybridized carbons (Fsp3) is 0. The van der Waals surface area contributed by atoms with Gasteiger partial charge in [0.05, 0.1) is 11.2 Å². The molecule has 94 valence electrons. The first-order chi connectivity index (χ1) is 9.42. The molecule has 0 spiro atoms. The number of hydrogen-bond acceptors (Lipinski definition) is 6. The Hall–Kier alpha value is -2.54. The topological polar surface area (TPSA) is 59.6 Å². The summed E-state index contributed by atoms with van der Waals surface area (Å²) in [7, 11) is 0. The molecule has 2 N–H and O–H groups in total. The van der Waals surface area contributed by atoms with Crippen molar-refractivity contribution in [2.75, 3.05) is 10.1 Å². The van der Waals surface area contributed by atoms with Crippen molar-refractivity contribution in [3.8, 4) is 0 Å². The second-order valence-corrected chi connectivity index (χ2v) is 4.82. The highest BCUT2D eigenvalue weighted by Crippen LogP contribution is 2.25. The highest BCUT2D eigenvalue weighted by atomic mass is 32.1. The van der Waals surface area contributed by atoms with Crippen LogP contribution in [0.4, 0.5) is 11.5 Å². The molecule has 1 aliphatic rings. The van der Waals surface area contributed by atoms with Gasteiger partial charge in [-0.3, -0.25) is 0 Å². The number of nitrogens with zero attached hydrogens (tertiary/aromatic N) is 4. The van der Waals surface area contributed by atoms with Gasteiger partial charge in [0.1, 0.15) is 6.34 Å². The van der Waals surface area contributed by atoms with E-state index < -0.39 is 0 Å².